The van der Waals surface area contributed by atoms with Gasteiger partial charge >= 0.3 is 5.97 Å². The van der Waals surface area contributed by atoms with Crippen LogP contribution in [0, 0.1) is 5.92 Å². The Kier molecular flexibility index (Phi) is 8.26. The van der Waals surface area contributed by atoms with E-state index < -0.39 is 5.54 Å². The van der Waals surface area contributed by atoms with Crippen molar-refractivity contribution in [3.8, 4) is 0 Å². The van der Waals surface area contributed by atoms with Gasteiger partial charge in [-0.1, -0.05) is 20.8 Å². The van der Waals surface area contributed by atoms with Crippen molar-refractivity contribution in [2.45, 2.75) is 59.0 Å². The molecule has 2 atom stereocenters. The average Bonchev–Trinajstić information content (AvgIpc) is 2.34. The highest BCUT2D eigenvalue weighted by Crippen LogP contribution is 2.18. The number of carbonyl (C=O) groups excluding carboxylic acids is 1. The maximum absolute atomic E-state index is 11.9. The van der Waals surface area contributed by atoms with Gasteiger partial charge in [-0.2, -0.15) is 0 Å². The molecule has 4 nitrogen and oxygen atoms in total. The maximum Gasteiger partial charge on any atom is 0.325 e. The molecule has 4 heteroatoms. The summed E-state index contributed by atoms with van der Waals surface area (Å²) in [6, 6.07) is 0.335. The van der Waals surface area contributed by atoms with Crippen molar-refractivity contribution >= 4 is 5.97 Å². The molecule has 0 aromatic rings. The predicted octanol–water partition coefficient (Wildman–Crippen LogP) is 2.28. The first-order valence-corrected chi connectivity index (χ1v) is 7.30. The molecule has 0 aliphatic rings. The third-order valence-electron chi connectivity index (χ3n) is 3.72. The van der Waals surface area contributed by atoms with Crippen molar-refractivity contribution < 1.29 is 9.53 Å². The van der Waals surface area contributed by atoms with Crippen LogP contribution < -0.4 is 5.32 Å². The van der Waals surface area contributed by atoms with E-state index in [-0.39, 0.29) is 5.97 Å². The summed E-state index contributed by atoms with van der Waals surface area (Å²) in [7, 11) is 3.57. The van der Waals surface area contributed by atoms with Gasteiger partial charge in [-0.05, 0) is 52.7 Å². The minimum Gasteiger partial charge on any atom is -0.468 e. The quantitative estimate of drug-likeness (QED) is 0.654. The monoisotopic (exact) mass is 272 g/mol. The molecule has 0 heterocycles. The molecule has 2 unspecified atom stereocenters. The Hall–Kier alpha value is -0.610. The topological polar surface area (TPSA) is 41.6 Å². The molecule has 0 aliphatic heterocycles. The van der Waals surface area contributed by atoms with Crippen LogP contribution >= 0.6 is 0 Å². The summed E-state index contributed by atoms with van der Waals surface area (Å²) in [5.74, 6) is 0.522. The molecule has 114 valence electrons. The van der Waals surface area contributed by atoms with Gasteiger partial charge in [-0.15, -0.1) is 0 Å². The van der Waals surface area contributed by atoms with Gasteiger partial charge in [-0.25, -0.2) is 0 Å². The lowest BCUT2D eigenvalue weighted by molar-refractivity contribution is -0.148. The van der Waals surface area contributed by atoms with Crippen LogP contribution in [0.25, 0.3) is 0 Å². The number of hydrogen-bond donors (Lipinski definition) is 1. The molecular formula is C15H32N2O2. The highest BCUT2D eigenvalue weighted by Gasteiger charge is 2.35. The molecule has 0 spiro atoms. The number of rotatable bonds is 9. The fourth-order valence-electron chi connectivity index (χ4n) is 2.27. The second-order valence-electron chi connectivity index (χ2n) is 6.07. The van der Waals surface area contributed by atoms with Crippen molar-refractivity contribution in [1.82, 2.24) is 10.2 Å². The fourth-order valence-corrected chi connectivity index (χ4v) is 2.27. The molecule has 0 rings (SSSR count). The van der Waals surface area contributed by atoms with E-state index in [9.17, 15) is 4.79 Å². The molecule has 0 saturated carbocycles. The van der Waals surface area contributed by atoms with E-state index in [2.05, 4.69) is 38.0 Å². The zero-order valence-corrected chi connectivity index (χ0v) is 13.7. The minimum atomic E-state index is -0.602. The normalized spacial score (nSPS) is 16.5. The van der Waals surface area contributed by atoms with E-state index in [1.54, 1.807) is 0 Å². The summed E-state index contributed by atoms with van der Waals surface area (Å²) in [6.07, 6.45) is 1.93. The Morgan fingerprint density at radius 2 is 1.95 bits per heavy atom. The second-order valence-corrected chi connectivity index (χ2v) is 6.07. The van der Waals surface area contributed by atoms with Crippen molar-refractivity contribution in [2.75, 3.05) is 27.2 Å². The van der Waals surface area contributed by atoms with Crippen molar-refractivity contribution in [1.29, 1.82) is 0 Å². The Bertz CT molecular complexity index is 269. The number of nitrogens with zero attached hydrogens (tertiary/aromatic N) is 1. The number of likely N-dealkylation sites (N-methyl/N-ethyl adjacent to an activating group) is 1. The Morgan fingerprint density at radius 3 is 2.37 bits per heavy atom. The molecule has 19 heavy (non-hydrogen) atoms. The van der Waals surface area contributed by atoms with Crippen molar-refractivity contribution in [3.05, 3.63) is 0 Å². The van der Waals surface area contributed by atoms with Gasteiger partial charge in [0.15, 0.2) is 0 Å². The molecular weight excluding hydrogens is 240 g/mol. The van der Waals surface area contributed by atoms with E-state index in [1.807, 2.05) is 13.8 Å². The Morgan fingerprint density at radius 1 is 1.37 bits per heavy atom. The summed E-state index contributed by atoms with van der Waals surface area (Å²) in [6.45, 7) is 12.4. The molecule has 0 fully saturated rings. The first-order valence-electron chi connectivity index (χ1n) is 7.30. The average molecular weight is 272 g/mol. The largest absolute Gasteiger partial charge is 0.468 e. The molecule has 0 amide bonds. The third-order valence-corrected chi connectivity index (χ3v) is 3.72. The van der Waals surface area contributed by atoms with Crippen molar-refractivity contribution in [2.24, 2.45) is 5.92 Å². The van der Waals surface area contributed by atoms with E-state index >= 15 is 0 Å². The molecule has 1 N–H and O–H groups in total. The summed E-state index contributed by atoms with van der Waals surface area (Å²) in [4.78, 5) is 14.3. The predicted molar refractivity (Wildman–Crippen MR) is 80.3 cm³/mol. The summed E-state index contributed by atoms with van der Waals surface area (Å²) in [5.41, 5.74) is -0.602. The number of nitrogens with one attached hydrogen (secondary N) is 1. The molecule has 0 aromatic heterocycles. The number of esters is 1. The van der Waals surface area contributed by atoms with Gasteiger partial charge < -0.3 is 15.0 Å². The summed E-state index contributed by atoms with van der Waals surface area (Å²) in [5, 5.41) is 3.26. The van der Waals surface area contributed by atoms with Crippen LogP contribution in [0.4, 0.5) is 0 Å². The van der Waals surface area contributed by atoms with E-state index in [4.69, 9.17) is 4.74 Å². The first kappa shape index (κ1) is 18.4. The highest BCUT2D eigenvalue weighted by molar-refractivity contribution is 5.80. The summed E-state index contributed by atoms with van der Waals surface area (Å²) < 4.78 is 4.93. The zero-order chi connectivity index (χ0) is 15.1. The van der Waals surface area contributed by atoms with Gasteiger partial charge in [0.1, 0.15) is 5.54 Å². The van der Waals surface area contributed by atoms with Crippen LogP contribution in [0.1, 0.15) is 47.5 Å². The molecule has 0 saturated heterocycles. The second kappa shape index (κ2) is 8.54. The van der Waals surface area contributed by atoms with Gasteiger partial charge in [0.25, 0.3) is 0 Å². The SMILES string of the molecule is CCNC(C)(CC(C)N(C)CCC(C)C)C(=O)OC. The van der Waals surface area contributed by atoms with E-state index in [1.165, 1.54) is 13.5 Å². The first-order chi connectivity index (χ1) is 8.76. The van der Waals surface area contributed by atoms with E-state index in [0.29, 0.717) is 12.0 Å². The van der Waals surface area contributed by atoms with Gasteiger partial charge in [0, 0.05) is 6.04 Å². The number of ether oxygens (including phenoxy) is 1. The highest BCUT2D eigenvalue weighted by atomic mass is 16.5. The molecule has 0 aromatic carbocycles. The lowest BCUT2D eigenvalue weighted by Gasteiger charge is -2.34. The van der Waals surface area contributed by atoms with Crippen LogP contribution in [0.5, 0.6) is 0 Å². The zero-order valence-electron chi connectivity index (χ0n) is 13.7. The number of carbonyl (C=O) groups is 1. The van der Waals surface area contributed by atoms with Crippen LogP contribution in [-0.4, -0.2) is 49.7 Å². The maximum atomic E-state index is 11.9. The number of methoxy groups -OCH3 is 1. The Labute approximate surface area is 118 Å². The van der Waals surface area contributed by atoms with Crippen LogP contribution in [0.15, 0.2) is 0 Å². The van der Waals surface area contributed by atoms with Crippen LogP contribution in [0.3, 0.4) is 0 Å². The third kappa shape index (κ3) is 6.39. The van der Waals surface area contributed by atoms with Gasteiger partial charge in [0.2, 0.25) is 0 Å². The van der Waals surface area contributed by atoms with Gasteiger partial charge in [-0.3, -0.25) is 4.79 Å². The lowest BCUT2D eigenvalue weighted by Crippen LogP contribution is -2.53. The van der Waals surface area contributed by atoms with Gasteiger partial charge in [0.05, 0.1) is 7.11 Å². The van der Waals surface area contributed by atoms with Crippen molar-refractivity contribution in [3.63, 3.8) is 0 Å². The standard InChI is InChI=1S/C15H32N2O2/c1-8-16-15(5,14(18)19-7)11-13(4)17(6)10-9-12(2)3/h12-13,16H,8-11H2,1-7H3. The fraction of sp³-hybridized carbons (Fsp3) is 0.933. The molecule has 0 aliphatic carbocycles. The smallest absolute Gasteiger partial charge is 0.325 e. The molecule has 0 bridgehead atoms. The molecule has 0 radical (unpaired) electrons. The van der Waals surface area contributed by atoms with Crippen LogP contribution in [-0.2, 0) is 9.53 Å². The number of hydrogen-bond acceptors (Lipinski definition) is 4. The Balaban J connectivity index is 4.53. The lowest BCUT2D eigenvalue weighted by atomic mass is 9.92. The van der Waals surface area contributed by atoms with E-state index in [0.717, 1.165) is 19.5 Å². The van der Waals surface area contributed by atoms with Crippen LogP contribution in [0.2, 0.25) is 0 Å². The minimum absolute atomic E-state index is 0.182. The summed E-state index contributed by atoms with van der Waals surface area (Å²) >= 11 is 0.